The second-order valence-corrected chi connectivity index (χ2v) is 20.2. The fourth-order valence-corrected chi connectivity index (χ4v) is 8.71. The molecule has 0 fully saturated rings. The van der Waals surface area contributed by atoms with Crippen LogP contribution in [-0.4, -0.2) is 37.9 Å². The molecule has 0 aromatic carbocycles. The van der Waals surface area contributed by atoms with Gasteiger partial charge in [0.05, 0.1) is 6.61 Å². The van der Waals surface area contributed by atoms with Crippen LogP contribution in [0.2, 0.25) is 0 Å². The number of rotatable bonds is 56. The van der Waals surface area contributed by atoms with E-state index in [2.05, 4.69) is 93.7 Å². The summed E-state index contributed by atoms with van der Waals surface area (Å²) in [7, 11) is 0. The highest BCUT2D eigenvalue weighted by Crippen LogP contribution is 2.16. The highest BCUT2D eigenvalue weighted by atomic mass is 16.6. The minimum absolute atomic E-state index is 0.0674. The second-order valence-electron chi connectivity index (χ2n) is 20.2. The van der Waals surface area contributed by atoms with E-state index in [9.17, 15) is 9.59 Å². The molecule has 0 radical (unpaired) electrons. The van der Waals surface area contributed by atoms with Gasteiger partial charge in [0.1, 0.15) is 6.61 Å². The summed E-state index contributed by atoms with van der Waals surface area (Å²) in [5.41, 5.74) is 0. The van der Waals surface area contributed by atoms with Crippen LogP contribution in [0.1, 0.15) is 303 Å². The molecule has 0 rings (SSSR count). The number of allylic oxidation sites excluding steroid dienone is 12. The Labute approximate surface area is 436 Å². The Bertz CT molecular complexity index is 1240. The van der Waals surface area contributed by atoms with Crippen LogP contribution in [0.3, 0.4) is 0 Å². The summed E-state index contributed by atoms with van der Waals surface area (Å²) in [5.74, 6) is -0.413. The van der Waals surface area contributed by atoms with Crippen LogP contribution in [0.5, 0.6) is 0 Å². The molecule has 0 aromatic rings. The number of hydrogen-bond acceptors (Lipinski definition) is 5. The van der Waals surface area contributed by atoms with Gasteiger partial charge in [0.25, 0.3) is 0 Å². The maximum atomic E-state index is 12.9. The summed E-state index contributed by atoms with van der Waals surface area (Å²) in [4.78, 5) is 25.6. The number of carbonyl (C=O) groups excluding carboxylic acids is 2. The third-order valence-electron chi connectivity index (χ3n) is 13.2. The zero-order chi connectivity index (χ0) is 50.6. The maximum Gasteiger partial charge on any atom is 0.306 e. The standard InChI is InChI=1S/C65H116O5/c1-4-7-10-13-16-19-22-25-28-31-33-35-37-40-43-46-49-52-55-58-64(66)69-62-63(61-68-60-57-54-51-48-45-42-39-36-32-29-26-23-20-17-14-11-8-5-2)70-65(67)59-56-53-50-47-44-41-38-34-30-27-24-21-18-15-12-9-6-3/h8,11,17,20,26-27,29-30,36,39,45,48,63H,4-7,9-10,12-16,18-19,21-25,28,31-35,37-38,40-44,46-47,49-62H2,1-3H3/b11-8-,20-17-,29-26-,30-27-,39-36-,48-45-. The number of hydrogen-bond donors (Lipinski definition) is 0. The smallest absolute Gasteiger partial charge is 0.306 e. The van der Waals surface area contributed by atoms with E-state index in [-0.39, 0.29) is 25.2 Å². The van der Waals surface area contributed by atoms with E-state index in [0.29, 0.717) is 19.4 Å². The number of esters is 2. The van der Waals surface area contributed by atoms with Gasteiger partial charge < -0.3 is 14.2 Å². The number of carbonyl (C=O) groups is 2. The van der Waals surface area contributed by atoms with E-state index in [0.717, 1.165) is 83.5 Å². The first-order valence-corrected chi connectivity index (χ1v) is 30.5. The molecular formula is C65H116O5. The molecule has 5 heteroatoms. The number of ether oxygens (including phenoxy) is 3. The van der Waals surface area contributed by atoms with Crippen LogP contribution >= 0.6 is 0 Å². The predicted molar refractivity (Wildman–Crippen MR) is 307 cm³/mol. The molecule has 0 spiro atoms. The van der Waals surface area contributed by atoms with Crippen molar-refractivity contribution in [2.45, 2.75) is 309 Å². The van der Waals surface area contributed by atoms with Gasteiger partial charge in [0.2, 0.25) is 0 Å². The van der Waals surface area contributed by atoms with E-state index in [1.165, 1.54) is 186 Å². The third kappa shape index (κ3) is 57.9. The van der Waals surface area contributed by atoms with Crippen molar-refractivity contribution in [3.05, 3.63) is 72.9 Å². The average Bonchev–Trinajstić information content (AvgIpc) is 3.36. The largest absolute Gasteiger partial charge is 0.462 e. The van der Waals surface area contributed by atoms with Crippen LogP contribution in [0.15, 0.2) is 72.9 Å². The molecule has 5 nitrogen and oxygen atoms in total. The lowest BCUT2D eigenvalue weighted by Gasteiger charge is -2.18. The summed E-state index contributed by atoms with van der Waals surface area (Å²) in [6.45, 7) is 7.65. The van der Waals surface area contributed by atoms with Crippen molar-refractivity contribution in [1.82, 2.24) is 0 Å². The molecule has 0 saturated heterocycles. The molecule has 0 aliphatic heterocycles. The lowest BCUT2D eigenvalue weighted by molar-refractivity contribution is -0.163. The SMILES string of the molecule is CC/C=C\C/C=C\C/C=C\C/C=C\C/C=C\CCCCOCC(COC(=O)CCCCCCCCCCCCCCCCCCCCC)OC(=O)CCCCCCCCC/C=C\CCCCCCCC. The molecule has 1 atom stereocenters. The van der Waals surface area contributed by atoms with Crippen molar-refractivity contribution in [2.24, 2.45) is 0 Å². The molecular weight excluding hydrogens is 861 g/mol. The Hall–Kier alpha value is -2.66. The fraction of sp³-hybridized carbons (Fsp3) is 0.785. The van der Waals surface area contributed by atoms with Gasteiger partial charge in [-0.15, -0.1) is 0 Å². The number of unbranched alkanes of at least 4 members (excludes halogenated alkanes) is 33. The Morgan fingerprint density at radius 3 is 1.04 bits per heavy atom. The fourth-order valence-electron chi connectivity index (χ4n) is 8.71. The van der Waals surface area contributed by atoms with E-state index >= 15 is 0 Å². The molecule has 0 aromatic heterocycles. The van der Waals surface area contributed by atoms with Crippen molar-refractivity contribution in [3.8, 4) is 0 Å². The Balaban J connectivity index is 4.32. The van der Waals surface area contributed by atoms with Gasteiger partial charge in [-0.25, -0.2) is 0 Å². The van der Waals surface area contributed by atoms with Crippen LogP contribution in [0, 0.1) is 0 Å². The predicted octanol–water partition coefficient (Wildman–Crippen LogP) is 21.0. The van der Waals surface area contributed by atoms with E-state index in [4.69, 9.17) is 14.2 Å². The third-order valence-corrected chi connectivity index (χ3v) is 13.2. The summed E-state index contributed by atoms with van der Waals surface area (Å²) < 4.78 is 17.5. The molecule has 70 heavy (non-hydrogen) atoms. The monoisotopic (exact) mass is 977 g/mol. The lowest BCUT2D eigenvalue weighted by atomic mass is 10.0. The summed E-state index contributed by atoms with van der Waals surface area (Å²) in [6, 6.07) is 0. The zero-order valence-electron chi connectivity index (χ0n) is 46.8. The average molecular weight is 978 g/mol. The molecule has 0 saturated carbocycles. The molecule has 0 aliphatic carbocycles. The maximum absolute atomic E-state index is 12.9. The van der Waals surface area contributed by atoms with Crippen molar-refractivity contribution in [2.75, 3.05) is 19.8 Å². The minimum Gasteiger partial charge on any atom is -0.462 e. The van der Waals surface area contributed by atoms with E-state index in [1.807, 2.05) is 0 Å². The van der Waals surface area contributed by atoms with E-state index in [1.54, 1.807) is 0 Å². The highest BCUT2D eigenvalue weighted by molar-refractivity contribution is 5.70. The van der Waals surface area contributed by atoms with Crippen molar-refractivity contribution in [1.29, 1.82) is 0 Å². The Kier molecular flexibility index (Phi) is 58.3. The minimum atomic E-state index is -0.563. The highest BCUT2D eigenvalue weighted by Gasteiger charge is 2.17. The molecule has 1 unspecified atom stereocenters. The van der Waals surface area contributed by atoms with Gasteiger partial charge in [0.15, 0.2) is 6.10 Å². The van der Waals surface area contributed by atoms with Crippen molar-refractivity contribution in [3.63, 3.8) is 0 Å². The van der Waals surface area contributed by atoms with Gasteiger partial charge in [-0.2, -0.15) is 0 Å². The zero-order valence-corrected chi connectivity index (χ0v) is 46.8. The van der Waals surface area contributed by atoms with Gasteiger partial charge in [-0.1, -0.05) is 273 Å². The van der Waals surface area contributed by atoms with Crippen LogP contribution in [-0.2, 0) is 23.8 Å². The molecule has 406 valence electrons. The molecule has 0 N–H and O–H groups in total. The molecule has 0 aliphatic rings. The Morgan fingerprint density at radius 2 is 0.643 bits per heavy atom. The second kappa shape index (κ2) is 60.6. The molecule has 0 heterocycles. The first kappa shape index (κ1) is 67.3. The van der Waals surface area contributed by atoms with Gasteiger partial charge in [-0.05, 0) is 89.9 Å². The summed E-state index contributed by atoms with van der Waals surface area (Å²) in [6.07, 6.45) is 79.4. The molecule has 0 amide bonds. The molecule has 0 bridgehead atoms. The van der Waals surface area contributed by atoms with Crippen LogP contribution in [0.25, 0.3) is 0 Å². The van der Waals surface area contributed by atoms with E-state index < -0.39 is 6.10 Å². The van der Waals surface area contributed by atoms with Gasteiger partial charge in [-0.3, -0.25) is 9.59 Å². The normalized spacial score (nSPS) is 12.7. The van der Waals surface area contributed by atoms with Crippen molar-refractivity contribution < 1.29 is 23.8 Å². The first-order valence-electron chi connectivity index (χ1n) is 30.5. The van der Waals surface area contributed by atoms with Crippen LogP contribution < -0.4 is 0 Å². The summed E-state index contributed by atoms with van der Waals surface area (Å²) in [5, 5.41) is 0. The van der Waals surface area contributed by atoms with Gasteiger partial charge >= 0.3 is 11.9 Å². The Morgan fingerprint density at radius 1 is 0.329 bits per heavy atom. The summed E-state index contributed by atoms with van der Waals surface area (Å²) >= 11 is 0. The van der Waals surface area contributed by atoms with Crippen molar-refractivity contribution >= 4 is 11.9 Å². The lowest BCUT2D eigenvalue weighted by Crippen LogP contribution is -2.30. The first-order chi connectivity index (χ1) is 34.6. The topological polar surface area (TPSA) is 61.8 Å². The van der Waals surface area contributed by atoms with Crippen LogP contribution in [0.4, 0.5) is 0 Å². The van der Waals surface area contributed by atoms with Gasteiger partial charge in [0, 0.05) is 19.4 Å². The quantitative estimate of drug-likeness (QED) is 0.0345.